The van der Waals surface area contributed by atoms with Crippen molar-refractivity contribution in [3.05, 3.63) is 34.0 Å². The van der Waals surface area contributed by atoms with Crippen LogP contribution in [0.5, 0.6) is 0 Å². The molecule has 0 spiro atoms. The van der Waals surface area contributed by atoms with Gasteiger partial charge in [0.15, 0.2) is 5.79 Å². The lowest BCUT2D eigenvalue weighted by atomic mass is 9.83. The van der Waals surface area contributed by atoms with Crippen molar-refractivity contribution < 1.29 is 9.47 Å². The molecule has 1 heterocycles. The lowest BCUT2D eigenvalue weighted by Gasteiger charge is -2.27. The molecule has 0 bridgehead atoms. The van der Waals surface area contributed by atoms with Crippen molar-refractivity contribution in [1.29, 1.82) is 0 Å². The third-order valence-corrected chi connectivity index (χ3v) is 5.41. The van der Waals surface area contributed by atoms with E-state index >= 15 is 0 Å². The van der Waals surface area contributed by atoms with E-state index in [9.17, 15) is 0 Å². The van der Waals surface area contributed by atoms with Gasteiger partial charge in [-0.15, -0.1) is 6.58 Å². The average molecular weight is 388 g/mol. The molecule has 2 nitrogen and oxygen atoms in total. The third kappa shape index (κ3) is 3.74. The van der Waals surface area contributed by atoms with Gasteiger partial charge in [-0.1, -0.05) is 23.8 Å². The van der Waals surface area contributed by atoms with Crippen molar-refractivity contribution in [2.75, 3.05) is 0 Å². The van der Waals surface area contributed by atoms with Gasteiger partial charge in [-0.3, -0.25) is 0 Å². The molecule has 2 aliphatic rings. The van der Waals surface area contributed by atoms with Gasteiger partial charge in [0.2, 0.25) is 0 Å². The summed E-state index contributed by atoms with van der Waals surface area (Å²) in [6.45, 7) is 14.1. The minimum atomic E-state index is -0.496. The predicted molar refractivity (Wildman–Crippen MR) is 91.8 cm³/mol. The van der Waals surface area contributed by atoms with Crippen LogP contribution in [0.1, 0.15) is 46.5 Å². The molecule has 3 heteroatoms. The smallest absolute Gasteiger partial charge is 0.164 e. The van der Waals surface area contributed by atoms with Gasteiger partial charge >= 0.3 is 0 Å². The first-order chi connectivity index (χ1) is 9.32. The van der Waals surface area contributed by atoms with E-state index in [1.54, 1.807) is 0 Å². The minimum Gasteiger partial charge on any atom is -0.344 e. The molecular weight excluding hydrogens is 363 g/mol. The Kier molecular flexibility index (Phi) is 5.14. The molecule has 3 atom stereocenters. The SMILES string of the molecule is C=C[C@H]1OC(C)(C)O[C@@H]1CC1=C(I)C[C@H](C(=C)C)CC1. The van der Waals surface area contributed by atoms with Crippen LogP contribution < -0.4 is 0 Å². The summed E-state index contributed by atoms with van der Waals surface area (Å²) in [5.74, 6) is 0.155. The topological polar surface area (TPSA) is 18.5 Å². The average Bonchev–Trinajstić information content (AvgIpc) is 2.66. The lowest BCUT2D eigenvalue weighted by Crippen LogP contribution is -2.23. The normalized spacial score (nSPS) is 33.3. The van der Waals surface area contributed by atoms with Crippen LogP contribution in [0.2, 0.25) is 0 Å². The van der Waals surface area contributed by atoms with Crippen LogP contribution in [0.3, 0.4) is 0 Å². The van der Waals surface area contributed by atoms with E-state index in [1.165, 1.54) is 21.1 Å². The molecule has 2 rings (SSSR count). The van der Waals surface area contributed by atoms with Crippen LogP contribution in [0, 0.1) is 5.92 Å². The van der Waals surface area contributed by atoms with Gasteiger partial charge in [-0.25, -0.2) is 0 Å². The number of rotatable bonds is 4. The summed E-state index contributed by atoms with van der Waals surface area (Å²) in [4.78, 5) is 0. The second-order valence-electron chi connectivity index (χ2n) is 6.37. The highest BCUT2D eigenvalue weighted by molar-refractivity contribution is 14.1. The Labute approximate surface area is 136 Å². The van der Waals surface area contributed by atoms with E-state index in [-0.39, 0.29) is 12.2 Å². The van der Waals surface area contributed by atoms with Gasteiger partial charge in [-0.2, -0.15) is 0 Å². The molecule has 0 aromatic carbocycles. The second kappa shape index (κ2) is 6.32. The number of allylic oxidation sites excluding steroid dienone is 2. The quantitative estimate of drug-likeness (QED) is 0.490. The summed E-state index contributed by atoms with van der Waals surface area (Å²) < 4.78 is 13.4. The number of hydrogen-bond donors (Lipinski definition) is 0. The van der Waals surface area contributed by atoms with Gasteiger partial charge in [0, 0.05) is 0 Å². The van der Waals surface area contributed by atoms with Gasteiger partial charge in [-0.05, 0) is 78.5 Å². The highest BCUT2D eigenvalue weighted by atomic mass is 127. The molecule has 0 aromatic rings. The lowest BCUT2D eigenvalue weighted by molar-refractivity contribution is -0.142. The third-order valence-electron chi connectivity index (χ3n) is 4.20. The highest BCUT2D eigenvalue weighted by Gasteiger charge is 2.40. The van der Waals surface area contributed by atoms with Crippen molar-refractivity contribution in [2.24, 2.45) is 5.92 Å². The molecular formula is C17H25IO2. The van der Waals surface area contributed by atoms with Crippen LogP contribution in [0.4, 0.5) is 0 Å². The van der Waals surface area contributed by atoms with Crippen LogP contribution in [-0.2, 0) is 9.47 Å². The Morgan fingerprint density at radius 2 is 2.15 bits per heavy atom. The Bertz CT molecular complexity index is 436. The Hall–Kier alpha value is -0.130. The molecule has 0 N–H and O–H groups in total. The second-order valence-corrected chi connectivity index (χ2v) is 7.68. The van der Waals surface area contributed by atoms with Crippen molar-refractivity contribution >= 4 is 22.6 Å². The molecule has 112 valence electrons. The number of hydrogen-bond acceptors (Lipinski definition) is 2. The van der Waals surface area contributed by atoms with Gasteiger partial charge < -0.3 is 9.47 Å². The summed E-state index contributed by atoms with van der Waals surface area (Å²) >= 11 is 2.50. The zero-order chi connectivity index (χ0) is 14.9. The summed E-state index contributed by atoms with van der Waals surface area (Å²) in [6.07, 6.45) is 6.44. The molecule has 0 unspecified atom stereocenters. The maximum Gasteiger partial charge on any atom is 0.164 e. The summed E-state index contributed by atoms with van der Waals surface area (Å²) in [5, 5.41) is 0. The van der Waals surface area contributed by atoms with E-state index in [1.807, 2.05) is 19.9 Å². The highest BCUT2D eigenvalue weighted by Crippen LogP contribution is 2.40. The Balaban J connectivity index is 2.05. The van der Waals surface area contributed by atoms with Crippen LogP contribution >= 0.6 is 22.6 Å². The fourth-order valence-electron chi connectivity index (χ4n) is 3.04. The van der Waals surface area contributed by atoms with E-state index in [4.69, 9.17) is 9.47 Å². The first-order valence-electron chi connectivity index (χ1n) is 7.32. The maximum absolute atomic E-state index is 6.03. The molecule has 1 aliphatic heterocycles. The first kappa shape index (κ1) is 16.2. The molecule has 0 aromatic heterocycles. The zero-order valence-electron chi connectivity index (χ0n) is 12.7. The summed E-state index contributed by atoms with van der Waals surface area (Å²) in [5.41, 5.74) is 2.84. The molecule has 1 saturated heterocycles. The van der Waals surface area contributed by atoms with E-state index in [2.05, 4.69) is 42.7 Å². The maximum atomic E-state index is 6.03. The van der Waals surface area contributed by atoms with Crippen molar-refractivity contribution in [2.45, 2.75) is 64.4 Å². The van der Waals surface area contributed by atoms with Crippen molar-refractivity contribution in [3.63, 3.8) is 0 Å². The largest absolute Gasteiger partial charge is 0.344 e. The minimum absolute atomic E-state index is 0.000522. The van der Waals surface area contributed by atoms with Crippen LogP contribution in [0.25, 0.3) is 0 Å². The Morgan fingerprint density at radius 1 is 1.45 bits per heavy atom. The van der Waals surface area contributed by atoms with E-state index in [0.29, 0.717) is 5.92 Å². The van der Waals surface area contributed by atoms with Gasteiger partial charge in [0.05, 0.1) is 6.10 Å². The molecule has 1 aliphatic carbocycles. The molecule has 0 radical (unpaired) electrons. The standard InChI is InChI=1S/C17H25IO2/c1-6-15-16(20-17(4,5)19-15)10-13-8-7-12(11(2)3)9-14(13)18/h6,12,15-16H,1-2,7-10H2,3-5H3/t12-,15-,16-/m1/s1. The predicted octanol–water partition coefficient (Wildman–Crippen LogP) is 5.15. The fourth-order valence-corrected chi connectivity index (χ4v) is 4.07. The van der Waals surface area contributed by atoms with Crippen LogP contribution in [0.15, 0.2) is 34.0 Å². The van der Waals surface area contributed by atoms with Crippen LogP contribution in [-0.4, -0.2) is 18.0 Å². The first-order valence-corrected chi connectivity index (χ1v) is 8.40. The molecule has 0 saturated carbocycles. The molecule has 1 fully saturated rings. The fraction of sp³-hybridized carbons (Fsp3) is 0.647. The molecule has 0 amide bonds. The van der Waals surface area contributed by atoms with E-state index in [0.717, 1.165) is 19.3 Å². The number of ether oxygens (including phenoxy) is 2. The Morgan fingerprint density at radius 3 is 2.70 bits per heavy atom. The summed E-state index contributed by atoms with van der Waals surface area (Å²) in [6, 6.07) is 0. The summed E-state index contributed by atoms with van der Waals surface area (Å²) in [7, 11) is 0. The van der Waals surface area contributed by atoms with E-state index < -0.39 is 5.79 Å². The number of halogens is 1. The monoisotopic (exact) mass is 388 g/mol. The van der Waals surface area contributed by atoms with Gasteiger partial charge in [0.1, 0.15) is 6.10 Å². The molecule has 20 heavy (non-hydrogen) atoms. The zero-order valence-corrected chi connectivity index (χ0v) is 14.9. The van der Waals surface area contributed by atoms with Crippen molar-refractivity contribution in [3.8, 4) is 0 Å². The van der Waals surface area contributed by atoms with Gasteiger partial charge in [0.25, 0.3) is 0 Å². The van der Waals surface area contributed by atoms with Crippen molar-refractivity contribution in [1.82, 2.24) is 0 Å².